The van der Waals surface area contributed by atoms with Crippen LogP contribution in [0.1, 0.15) is 30.3 Å². The molecular formula is C22H26N4OS. The third-order valence-electron chi connectivity index (χ3n) is 4.49. The molecule has 0 spiro atoms. The largest absolute Gasteiger partial charge is 0.352 e. The monoisotopic (exact) mass is 394 g/mol. The number of anilines is 1. The van der Waals surface area contributed by atoms with Gasteiger partial charge in [-0.3, -0.25) is 4.79 Å². The molecule has 1 atom stereocenters. The minimum Gasteiger partial charge on any atom is -0.352 e. The third-order valence-corrected chi connectivity index (χ3v) is 5.35. The van der Waals surface area contributed by atoms with Crippen molar-refractivity contribution in [3.63, 3.8) is 0 Å². The molecular weight excluding hydrogens is 368 g/mol. The van der Waals surface area contributed by atoms with Crippen molar-refractivity contribution >= 4 is 22.6 Å². The lowest BCUT2D eigenvalue weighted by atomic mass is 10.1. The maximum Gasteiger partial charge on any atom is 0.239 e. The van der Waals surface area contributed by atoms with Crippen LogP contribution >= 0.6 is 11.5 Å². The summed E-state index contributed by atoms with van der Waals surface area (Å²) in [4.78, 5) is 18.8. The first-order valence-electron chi connectivity index (χ1n) is 9.51. The number of rotatable bonds is 9. The molecule has 3 aromatic rings. The molecule has 1 amide bonds. The molecule has 0 aliphatic heterocycles. The van der Waals surface area contributed by atoms with E-state index in [1.807, 2.05) is 55.3 Å². The summed E-state index contributed by atoms with van der Waals surface area (Å²) in [5, 5.41) is 3.84. The van der Waals surface area contributed by atoms with Gasteiger partial charge in [-0.25, -0.2) is 4.98 Å². The fourth-order valence-electron chi connectivity index (χ4n) is 2.95. The van der Waals surface area contributed by atoms with Gasteiger partial charge in [-0.1, -0.05) is 60.7 Å². The van der Waals surface area contributed by atoms with Crippen LogP contribution in [0.5, 0.6) is 0 Å². The fraction of sp³-hybridized carbons (Fsp3) is 0.318. The molecule has 0 aliphatic rings. The number of aromatic nitrogens is 2. The minimum absolute atomic E-state index is 0.00266. The second kappa shape index (κ2) is 9.99. The van der Waals surface area contributed by atoms with Gasteiger partial charge in [-0.05, 0) is 30.9 Å². The molecule has 0 saturated heterocycles. The molecule has 28 heavy (non-hydrogen) atoms. The number of carbonyl (C=O) groups is 1. The van der Waals surface area contributed by atoms with E-state index in [0.717, 1.165) is 23.8 Å². The second-order valence-corrected chi connectivity index (χ2v) is 7.73. The van der Waals surface area contributed by atoms with E-state index < -0.39 is 0 Å². The number of amides is 1. The summed E-state index contributed by atoms with van der Waals surface area (Å²) >= 11 is 1.33. The van der Waals surface area contributed by atoms with Crippen molar-refractivity contribution in [2.75, 3.05) is 18.5 Å². The minimum atomic E-state index is 0.00266. The highest BCUT2D eigenvalue weighted by atomic mass is 32.1. The Morgan fingerprint density at radius 2 is 1.71 bits per heavy atom. The summed E-state index contributed by atoms with van der Waals surface area (Å²) in [5.74, 6) is 0.789. The molecule has 0 aliphatic carbocycles. The Labute approximate surface area is 170 Å². The van der Waals surface area contributed by atoms with E-state index in [9.17, 15) is 4.79 Å². The van der Waals surface area contributed by atoms with Crippen LogP contribution in [-0.4, -0.2) is 34.9 Å². The van der Waals surface area contributed by atoms with Crippen LogP contribution in [0.3, 0.4) is 0 Å². The van der Waals surface area contributed by atoms with Crippen molar-refractivity contribution in [2.45, 2.75) is 32.2 Å². The molecule has 1 unspecified atom stereocenters. The zero-order valence-corrected chi connectivity index (χ0v) is 17.2. The second-order valence-electron chi connectivity index (χ2n) is 7.00. The molecule has 1 aromatic heterocycles. The molecule has 146 valence electrons. The van der Waals surface area contributed by atoms with Crippen LogP contribution < -0.4 is 10.2 Å². The molecule has 0 fully saturated rings. The predicted octanol–water partition coefficient (Wildman–Crippen LogP) is 3.70. The number of benzene rings is 2. The molecule has 2 aromatic carbocycles. The number of nitrogens with zero attached hydrogens (tertiary/aromatic N) is 3. The first-order valence-corrected chi connectivity index (χ1v) is 10.3. The number of likely N-dealkylation sites (N-methyl/N-ethyl adjacent to an activating group) is 1. The zero-order valence-electron chi connectivity index (χ0n) is 16.3. The summed E-state index contributed by atoms with van der Waals surface area (Å²) < 4.78 is 4.42. The Hall–Kier alpha value is -2.73. The molecule has 1 N–H and O–H groups in total. The number of hydrogen-bond donors (Lipinski definition) is 1. The average Bonchev–Trinajstić information content (AvgIpc) is 3.16. The van der Waals surface area contributed by atoms with Crippen molar-refractivity contribution in [1.29, 1.82) is 0 Å². The Morgan fingerprint density at radius 3 is 2.39 bits per heavy atom. The van der Waals surface area contributed by atoms with Crippen LogP contribution in [0, 0.1) is 0 Å². The SMILES string of the molecule is CC(CCc1ccccc1)NC(=O)CN(C)c1nc(Cc2ccccc2)ns1. The standard InChI is InChI=1S/C22H26N4OS/c1-17(13-14-18-9-5-3-6-10-18)23-21(27)16-26(2)22-24-20(25-28-22)15-19-11-7-4-8-12-19/h3-12,17H,13-16H2,1-2H3,(H,23,27). The average molecular weight is 395 g/mol. The smallest absolute Gasteiger partial charge is 0.239 e. The van der Waals surface area contributed by atoms with Gasteiger partial charge in [0.05, 0.1) is 6.54 Å². The Bertz CT molecular complexity index is 867. The molecule has 3 rings (SSSR count). The van der Waals surface area contributed by atoms with Gasteiger partial charge in [-0.15, -0.1) is 0 Å². The van der Waals surface area contributed by atoms with Gasteiger partial charge in [-0.2, -0.15) is 4.37 Å². The highest BCUT2D eigenvalue weighted by Crippen LogP contribution is 2.17. The Morgan fingerprint density at radius 1 is 1.07 bits per heavy atom. The van der Waals surface area contributed by atoms with Gasteiger partial charge >= 0.3 is 0 Å². The number of aryl methyl sites for hydroxylation is 1. The molecule has 1 heterocycles. The number of hydrogen-bond acceptors (Lipinski definition) is 5. The Balaban J connectivity index is 1.44. The summed E-state index contributed by atoms with van der Waals surface area (Å²) in [6, 6.07) is 20.6. The lowest BCUT2D eigenvalue weighted by Crippen LogP contribution is -2.40. The van der Waals surface area contributed by atoms with Crippen LogP contribution in [0.2, 0.25) is 0 Å². The van der Waals surface area contributed by atoms with E-state index in [-0.39, 0.29) is 18.5 Å². The lowest BCUT2D eigenvalue weighted by Gasteiger charge is -2.18. The highest BCUT2D eigenvalue weighted by Gasteiger charge is 2.14. The van der Waals surface area contributed by atoms with Crippen LogP contribution in [0.15, 0.2) is 60.7 Å². The van der Waals surface area contributed by atoms with Crippen molar-refractivity contribution in [3.05, 3.63) is 77.6 Å². The van der Waals surface area contributed by atoms with E-state index in [4.69, 9.17) is 0 Å². The first kappa shape index (κ1) is 20.0. The van der Waals surface area contributed by atoms with Crippen molar-refractivity contribution in [1.82, 2.24) is 14.7 Å². The van der Waals surface area contributed by atoms with Crippen LogP contribution in [0.4, 0.5) is 5.13 Å². The normalized spacial score (nSPS) is 11.8. The topological polar surface area (TPSA) is 58.1 Å². The van der Waals surface area contributed by atoms with E-state index in [1.54, 1.807) is 0 Å². The summed E-state index contributed by atoms with van der Waals surface area (Å²) in [6.07, 6.45) is 2.57. The molecule has 0 saturated carbocycles. The van der Waals surface area contributed by atoms with Gasteiger partial charge in [0.25, 0.3) is 0 Å². The lowest BCUT2D eigenvalue weighted by molar-refractivity contribution is -0.120. The van der Waals surface area contributed by atoms with Gasteiger partial charge in [0.15, 0.2) is 0 Å². The van der Waals surface area contributed by atoms with Crippen molar-refractivity contribution in [3.8, 4) is 0 Å². The molecule has 5 nitrogen and oxygen atoms in total. The maximum absolute atomic E-state index is 12.4. The van der Waals surface area contributed by atoms with E-state index >= 15 is 0 Å². The van der Waals surface area contributed by atoms with E-state index in [2.05, 4.69) is 38.9 Å². The highest BCUT2D eigenvalue weighted by molar-refractivity contribution is 7.09. The van der Waals surface area contributed by atoms with Gasteiger partial charge in [0, 0.05) is 31.0 Å². The molecule has 6 heteroatoms. The number of carbonyl (C=O) groups excluding carboxylic acids is 1. The van der Waals surface area contributed by atoms with Crippen molar-refractivity contribution in [2.24, 2.45) is 0 Å². The summed E-state index contributed by atoms with van der Waals surface area (Å²) in [5.41, 5.74) is 2.47. The van der Waals surface area contributed by atoms with E-state index in [0.29, 0.717) is 6.42 Å². The van der Waals surface area contributed by atoms with Crippen molar-refractivity contribution < 1.29 is 4.79 Å². The predicted molar refractivity (Wildman–Crippen MR) is 115 cm³/mol. The van der Waals surface area contributed by atoms with Crippen LogP contribution in [0.25, 0.3) is 0 Å². The van der Waals surface area contributed by atoms with Gasteiger partial charge in [0.1, 0.15) is 5.82 Å². The summed E-state index contributed by atoms with van der Waals surface area (Å²) in [6.45, 7) is 2.32. The first-order chi connectivity index (χ1) is 13.6. The zero-order chi connectivity index (χ0) is 19.8. The Kier molecular flexibility index (Phi) is 7.14. The molecule has 0 bridgehead atoms. The number of nitrogens with one attached hydrogen (secondary N) is 1. The van der Waals surface area contributed by atoms with Gasteiger partial charge < -0.3 is 10.2 Å². The maximum atomic E-state index is 12.4. The van der Waals surface area contributed by atoms with Gasteiger partial charge in [0.2, 0.25) is 11.0 Å². The third kappa shape index (κ3) is 6.16. The molecule has 0 radical (unpaired) electrons. The fourth-order valence-corrected chi connectivity index (χ4v) is 3.60. The van der Waals surface area contributed by atoms with E-state index in [1.165, 1.54) is 22.7 Å². The quantitative estimate of drug-likeness (QED) is 0.601. The van der Waals surface area contributed by atoms with Crippen LogP contribution in [-0.2, 0) is 17.6 Å². The summed E-state index contributed by atoms with van der Waals surface area (Å²) in [7, 11) is 1.88.